The molecule has 0 aromatic heterocycles. The summed E-state index contributed by atoms with van der Waals surface area (Å²) in [6, 6.07) is 0. The van der Waals surface area contributed by atoms with E-state index in [9.17, 15) is 0 Å². The van der Waals surface area contributed by atoms with Gasteiger partial charge in [-0.1, -0.05) is 105 Å². The minimum Gasteiger partial charge on any atom is -0.381 e. The Labute approximate surface area is 191 Å². The molecule has 0 spiro atoms. The second-order valence-electron chi connectivity index (χ2n) is 9.57. The highest BCUT2D eigenvalue weighted by Gasteiger charge is 2.08. The van der Waals surface area contributed by atoms with Gasteiger partial charge < -0.3 is 9.47 Å². The molecular weight excluding hydrogens is 368 g/mol. The van der Waals surface area contributed by atoms with Crippen LogP contribution in [0.1, 0.15) is 143 Å². The molecule has 0 aliphatic rings. The zero-order valence-electron chi connectivity index (χ0n) is 21.5. The van der Waals surface area contributed by atoms with Crippen molar-refractivity contribution < 1.29 is 9.47 Å². The third-order valence-corrected chi connectivity index (χ3v) is 6.36. The molecule has 0 bridgehead atoms. The smallest absolute Gasteiger partial charge is 0.0494 e. The lowest BCUT2D eigenvalue weighted by Crippen LogP contribution is -2.10. The van der Waals surface area contributed by atoms with Gasteiger partial charge in [-0.05, 0) is 50.4 Å². The second kappa shape index (κ2) is 25.2. The zero-order chi connectivity index (χ0) is 22.1. The van der Waals surface area contributed by atoms with Crippen molar-refractivity contribution in [2.45, 2.75) is 143 Å². The SMILES string of the molecule is CCCCCC(CCC)COCCCCCCCCOCC(CCC)CCCCC. The van der Waals surface area contributed by atoms with E-state index in [0.717, 1.165) is 38.3 Å². The third kappa shape index (κ3) is 21.2. The minimum absolute atomic E-state index is 0.796. The normalized spacial score (nSPS) is 13.6. The van der Waals surface area contributed by atoms with Gasteiger partial charge in [-0.25, -0.2) is 0 Å². The van der Waals surface area contributed by atoms with Crippen LogP contribution in [-0.4, -0.2) is 26.4 Å². The maximum Gasteiger partial charge on any atom is 0.0494 e. The molecule has 0 aliphatic carbocycles. The summed E-state index contributed by atoms with van der Waals surface area (Å²) in [6.07, 6.45) is 24.0. The molecule has 2 unspecified atom stereocenters. The summed E-state index contributed by atoms with van der Waals surface area (Å²) in [5, 5.41) is 0. The van der Waals surface area contributed by atoms with Crippen LogP contribution in [-0.2, 0) is 9.47 Å². The van der Waals surface area contributed by atoms with E-state index in [2.05, 4.69) is 27.7 Å². The van der Waals surface area contributed by atoms with E-state index in [4.69, 9.17) is 9.47 Å². The van der Waals surface area contributed by atoms with E-state index >= 15 is 0 Å². The fourth-order valence-corrected chi connectivity index (χ4v) is 4.42. The van der Waals surface area contributed by atoms with Crippen molar-refractivity contribution in [1.29, 1.82) is 0 Å². The Hall–Kier alpha value is -0.0800. The molecule has 0 rings (SSSR count). The van der Waals surface area contributed by atoms with Crippen LogP contribution in [0.5, 0.6) is 0 Å². The summed E-state index contributed by atoms with van der Waals surface area (Å²) in [7, 11) is 0. The van der Waals surface area contributed by atoms with Crippen molar-refractivity contribution in [3.05, 3.63) is 0 Å². The maximum absolute atomic E-state index is 6.00. The Morgan fingerprint density at radius 2 is 0.800 bits per heavy atom. The highest BCUT2D eigenvalue weighted by Crippen LogP contribution is 2.17. The Bertz CT molecular complexity index is 275. The molecule has 0 radical (unpaired) electrons. The summed E-state index contributed by atoms with van der Waals surface area (Å²) in [4.78, 5) is 0. The van der Waals surface area contributed by atoms with E-state index in [1.807, 2.05) is 0 Å². The zero-order valence-corrected chi connectivity index (χ0v) is 21.5. The van der Waals surface area contributed by atoms with Crippen LogP contribution in [0.3, 0.4) is 0 Å². The molecule has 0 saturated carbocycles. The quantitative estimate of drug-likeness (QED) is 0.135. The molecule has 0 aromatic carbocycles. The van der Waals surface area contributed by atoms with Crippen molar-refractivity contribution in [3.8, 4) is 0 Å². The molecule has 30 heavy (non-hydrogen) atoms. The van der Waals surface area contributed by atoms with E-state index in [1.54, 1.807) is 0 Å². The topological polar surface area (TPSA) is 18.5 Å². The van der Waals surface area contributed by atoms with Gasteiger partial charge >= 0.3 is 0 Å². The Kier molecular flexibility index (Phi) is 25.1. The minimum atomic E-state index is 0.796. The number of rotatable bonds is 25. The average molecular weight is 427 g/mol. The largest absolute Gasteiger partial charge is 0.381 e. The van der Waals surface area contributed by atoms with Gasteiger partial charge in [-0.3, -0.25) is 0 Å². The van der Waals surface area contributed by atoms with Crippen molar-refractivity contribution in [2.75, 3.05) is 26.4 Å². The molecule has 0 fully saturated rings. The van der Waals surface area contributed by atoms with Gasteiger partial charge in [0, 0.05) is 26.4 Å². The molecular formula is C28H58O2. The lowest BCUT2D eigenvalue weighted by Gasteiger charge is -2.16. The summed E-state index contributed by atoms with van der Waals surface area (Å²) in [5.74, 6) is 1.59. The van der Waals surface area contributed by atoms with Crippen molar-refractivity contribution >= 4 is 0 Å². The van der Waals surface area contributed by atoms with Crippen LogP contribution in [0.2, 0.25) is 0 Å². The molecule has 0 saturated heterocycles. The van der Waals surface area contributed by atoms with Crippen molar-refractivity contribution in [2.24, 2.45) is 11.8 Å². The maximum atomic E-state index is 6.00. The monoisotopic (exact) mass is 426 g/mol. The van der Waals surface area contributed by atoms with Crippen molar-refractivity contribution in [3.63, 3.8) is 0 Å². The molecule has 0 amide bonds. The fourth-order valence-electron chi connectivity index (χ4n) is 4.42. The lowest BCUT2D eigenvalue weighted by atomic mass is 9.97. The molecule has 0 aliphatic heterocycles. The molecule has 0 heterocycles. The van der Waals surface area contributed by atoms with Crippen LogP contribution in [0.25, 0.3) is 0 Å². The lowest BCUT2D eigenvalue weighted by molar-refractivity contribution is 0.0868. The first-order valence-corrected chi connectivity index (χ1v) is 13.9. The number of unbranched alkanes of at least 4 members (excludes halogenated alkanes) is 9. The van der Waals surface area contributed by atoms with Gasteiger partial charge in [-0.2, -0.15) is 0 Å². The average Bonchev–Trinajstić information content (AvgIpc) is 2.74. The van der Waals surface area contributed by atoms with E-state index in [0.29, 0.717) is 0 Å². The standard InChI is InChI=1S/C28H58O2/c1-5-9-15-21-27(19-7-3)25-29-23-17-13-11-12-14-18-24-30-26-28(20-8-4)22-16-10-6-2/h27-28H,5-26H2,1-4H3. The van der Waals surface area contributed by atoms with Crippen molar-refractivity contribution in [1.82, 2.24) is 0 Å². The summed E-state index contributed by atoms with van der Waals surface area (Å²) < 4.78 is 12.0. The Morgan fingerprint density at radius 3 is 1.17 bits per heavy atom. The number of hydrogen-bond donors (Lipinski definition) is 0. The highest BCUT2D eigenvalue weighted by atomic mass is 16.5. The van der Waals surface area contributed by atoms with Gasteiger partial charge in [0.2, 0.25) is 0 Å². The van der Waals surface area contributed by atoms with Crippen LogP contribution in [0.15, 0.2) is 0 Å². The molecule has 0 N–H and O–H groups in total. The second-order valence-corrected chi connectivity index (χ2v) is 9.57. The third-order valence-electron chi connectivity index (χ3n) is 6.36. The van der Waals surface area contributed by atoms with Gasteiger partial charge in [0.05, 0.1) is 0 Å². The molecule has 2 heteroatoms. The molecule has 2 nitrogen and oxygen atoms in total. The fraction of sp³-hybridized carbons (Fsp3) is 1.00. The van der Waals surface area contributed by atoms with Gasteiger partial charge in [-0.15, -0.1) is 0 Å². The van der Waals surface area contributed by atoms with Crippen LogP contribution in [0.4, 0.5) is 0 Å². The first-order chi connectivity index (χ1) is 14.8. The summed E-state index contributed by atoms with van der Waals surface area (Å²) in [6.45, 7) is 13.1. The van der Waals surface area contributed by atoms with E-state index in [-0.39, 0.29) is 0 Å². The van der Waals surface area contributed by atoms with Gasteiger partial charge in [0.1, 0.15) is 0 Å². The Balaban J connectivity index is 3.45. The first-order valence-electron chi connectivity index (χ1n) is 13.9. The van der Waals surface area contributed by atoms with Crippen LogP contribution in [0, 0.1) is 11.8 Å². The first kappa shape index (κ1) is 29.9. The number of ether oxygens (including phenoxy) is 2. The van der Waals surface area contributed by atoms with Gasteiger partial charge in [0.25, 0.3) is 0 Å². The van der Waals surface area contributed by atoms with Crippen LogP contribution >= 0.6 is 0 Å². The van der Waals surface area contributed by atoms with Gasteiger partial charge in [0.15, 0.2) is 0 Å². The molecule has 182 valence electrons. The molecule has 0 aromatic rings. The molecule has 2 atom stereocenters. The van der Waals surface area contributed by atoms with Crippen LogP contribution < -0.4 is 0 Å². The predicted molar refractivity (Wildman–Crippen MR) is 134 cm³/mol. The number of hydrogen-bond acceptors (Lipinski definition) is 2. The van der Waals surface area contributed by atoms with E-state index < -0.39 is 0 Å². The Morgan fingerprint density at radius 1 is 0.400 bits per heavy atom. The predicted octanol–water partition coefficient (Wildman–Crippen LogP) is 9.35. The summed E-state index contributed by atoms with van der Waals surface area (Å²) >= 11 is 0. The highest BCUT2D eigenvalue weighted by molar-refractivity contribution is 4.59. The summed E-state index contributed by atoms with van der Waals surface area (Å²) in [5.41, 5.74) is 0. The van der Waals surface area contributed by atoms with E-state index in [1.165, 1.54) is 116 Å².